The standard InChI is InChI=1S/C19H28N2O4/c1-13-11-15(21(24)25)5-6-16(13)17(22)20-12-19(23)9-7-14(8-10-19)18(2,3)4/h5-6,11,14,23H,7-10,12H2,1-4H3,(H,20,22). The molecule has 25 heavy (non-hydrogen) atoms. The molecular formula is C19H28N2O4. The van der Waals surface area contributed by atoms with Crippen molar-refractivity contribution >= 4 is 11.6 Å². The molecule has 1 amide bonds. The second kappa shape index (κ2) is 7.12. The summed E-state index contributed by atoms with van der Waals surface area (Å²) in [5.74, 6) is 0.277. The quantitative estimate of drug-likeness (QED) is 0.642. The van der Waals surface area contributed by atoms with Crippen molar-refractivity contribution in [3.05, 3.63) is 39.4 Å². The van der Waals surface area contributed by atoms with E-state index in [0.717, 1.165) is 12.8 Å². The van der Waals surface area contributed by atoms with Gasteiger partial charge in [-0.05, 0) is 55.6 Å². The van der Waals surface area contributed by atoms with Crippen LogP contribution >= 0.6 is 0 Å². The first-order valence-electron chi connectivity index (χ1n) is 8.77. The van der Waals surface area contributed by atoms with Crippen molar-refractivity contribution in [2.45, 2.75) is 59.0 Å². The molecule has 0 radical (unpaired) electrons. The highest BCUT2D eigenvalue weighted by atomic mass is 16.6. The lowest BCUT2D eigenvalue weighted by Crippen LogP contribution is -2.46. The zero-order chi connectivity index (χ0) is 18.8. The molecule has 1 saturated carbocycles. The summed E-state index contributed by atoms with van der Waals surface area (Å²) >= 11 is 0. The van der Waals surface area contributed by atoms with Crippen LogP contribution in [0.1, 0.15) is 62.4 Å². The average molecular weight is 348 g/mol. The van der Waals surface area contributed by atoms with E-state index >= 15 is 0 Å². The second-order valence-corrected chi connectivity index (χ2v) is 8.30. The number of nitrogens with one attached hydrogen (secondary N) is 1. The van der Waals surface area contributed by atoms with Crippen LogP contribution in [0.4, 0.5) is 5.69 Å². The van der Waals surface area contributed by atoms with Gasteiger partial charge in [0.05, 0.1) is 10.5 Å². The lowest BCUT2D eigenvalue weighted by atomic mass is 9.68. The number of aliphatic hydroxyl groups is 1. The lowest BCUT2D eigenvalue weighted by Gasteiger charge is -2.41. The monoisotopic (exact) mass is 348 g/mol. The Hall–Kier alpha value is -1.95. The summed E-state index contributed by atoms with van der Waals surface area (Å²) in [6.07, 6.45) is 3.25. The van der Waals surface area contributed by atoms with E-state index in [1.807, 2.05) is 0 Å². The normalized spacial score (nSPS) is 24.0. The number of amides is 1. The van der Waals surface area contributed by atoms with Crippen molar-refractivity contribution < 1.29 is 14.8 Å². The number of carbonyl (C=O) groups excluding carboxylic acids is 1. The van der Waals surface area contributed by atoms with Crippen molar-refractivity contribution in [1.29, 1.82) is 0 Å². The minimum atomic E-state index is -0.869. The van der Waals surface area contributed by atoms with E-state index in [2.05, 4.69) is 26.1 Å². The van der Waals surface area contributed by atoms with E-state index < -0.39 is 10.5 Å². The number of carbonyl (C=O) groups is 1. The van der Waals surface area contributed by atoms with E-state index in [0.29, 0.717) is 29.9 Å². The van der Waals surface area contributed by atoms with Crippen LogP contribution in [0.25, 0.3) is 0 Å². The van der Waals surface area contributed by atoms with Crippen LogP contribution in [0.5, 0.6) is 0 Å². The summed E-state index contributed by atoms with van der Waals surface area (Å²) in [6.45, 7) is 8.55. The van der Waals surface area contributed by atoms with Gasteiger partial charge in [0.25, 0.3) is 11.6 Å². The van der Waals surface area contributed by atoms with Crippen molar-refractivity contribution in [3.8, 4) is 0 Å². The van der Waals surface area contributed by atoms with E-state index in [-0.39, 0.29) is 23.6 Å². The number of nitrogens with zero attached hydrogens (tertiary/aromatic N) is 1. The number of rotatable bonds is 4. The fraction of sp³-hybridized carbons (Fsp3) is 0.632. The third-order valence-electron chi connectivity index (χ3n) is 5.38. The zero-order valence-corrected chi connectivity index (χ0v) is 15.5. The number of nitro benzene ring substituents is 1. The van der Waals surface area contributed by atoms with Crippen molar-refractivity contribution in [2.75, 3.05) is 6.54 Å². The molecule has 1 fully saturated rings. The smallest absolute Gasteiger partial charge is 0.269 e. The lowest BCUT2D eigenvalue weighted by molar-refractivity contribution is -0.384. The van der Waals surface area contributed by atoms with Crippen LogP contribution in [0.15, 0.2) is 18.2 Å². The minimum absolute atomic E-state index is 0.0341. The fourth-order valence-electron chi connectivity index (χ4n) is 3.55. The molecule has 0 aliphatic heterocycles. The van der Waals surface area contributed by atoms with Gasteiger partial charge in [0, 0.05) is 24.2 Å². The molecule has 6 heteroatoms. The Labute approximate surface area is 148 Å². The molecule has 0 heterocycles. The molecule has 6 nitrogen and oxygen atoms in total. The van der Waals surface area contributed by atoms with Gasteiger partial charge in [-0.25, -0.2) is 0 Å². The van der Waals surface area contributed by atoms with Crippen LogP contribution in [-0.2, 0) is 0 Å². The maximum absolute atomic E-state index is 12.4. The Morgan fingerprint density at radius 3 is 2.44 bits per heavy atom. The summed E-state index contributed by atoms with van der Waals surface area (Å²) in [5, 5.41) is 24.3. The molecule has 0 bridgehead atoms. The topological polar surface area (TPSA) is 92.5 Å². The number of hydrogen-bond acceptors (Lipinski definition) is 4. The molecule has 1 aromatic rings. The second-order valence-electron chi connectivity index (χ2n) is 8.30. The molecule has 0 aromatic heterocycles. The average Bonchev–Trinajstić information content (AvgIpc) is 2.52. The first-order valence-corrected chi connectivity index (χ1v) is 8.77. The minimum Gasteiger partial charge on any atom is -0.388 e. The summed E-state index contributed by atoms with van der Waals surface area (Å²) in [6, 6.07) is 4.17. The van der Waals surface area contributed by atoms with Gasteiger partial charge in [0.15, 0.2) is 0 Å². The molecule has 0 spiro atoms. The first-order chi connectivity index (χ1) is 11.5. The maximum atomic E-state index is 12.4. The van der Waals surface area contributed by atoms with Gasteiger partial charge in [0.2, 0.25) is 0 Å². The van der Waals surface area contributed by atoms with E-state index in [9.17, 15) is 20.0 Å². The molecule has 1 aromatic carbocycles. The maximum Gasteiger partial charge on any atom is 0.269 e. The molecule has 0 saturated heterocycles. The summed E-state index contributed by atoms with van der Waals surface area (Å²) < 4.78 is 0. The Morgan fingerprint density at radius 2 is 1.96 bits per heavy atom. The summed E-state index contributed by atoms with van der Waals surface area (Å²) in [4.78, 5) is 22.7. The van der Waals surface area contributed by atoms with Crippen molar-refractivity contribution in [3.63, 3.8) is 0 Å². The predicted molar refractivity (Wildman–Crippen MR) is 96.5 cm³/mol. The highest BCUT2D eigenvalue weighted by Gasteiger charge is 2.37. The summed E-state index contributed by atoms with van der Waals surface area (Å²) in [5.41, 5.74) is 0.285. The third kappa shape index (κ3) is 4.78. The van der Waals surface area contributed by atoms with Crippen molar-refractivity contribution in [1.82, 2.24) is 5.32 Å². The highest BCUT2D eigenvalue weighted by Crippen LogP contribution is 2.41. The Morgan fingerprint density at radius 1 is 1.36 bits per heavy atom. The third-order valence-corrected chi connectivity index (χ3v) is 5.38. The number of hydrogen-bond donors (Lipinski definition) is 2. The SMILES string of the molecule is Cc1cc([N+](=O)[O-])ccc1C(=O)NCC1(O)CCC(C(C)(C)C)CC1. The number of nitro groups is 1. The number of benzene rings is 1. The highest BCUT2D eigenvalue weighted by molar-refractivity contribution is 5.95. The van der Waals surface area contributed by atoms with Crippen LogP contribution in [0, 0.1) is 28.4 Å². The largest absolute Gasteiger partial charge is 0.388 e. The Bertz CT molecular complexity index is 656. The Balaban J connectivity index is 1.95. The van der Waals surface area contributed by atoms with Gasteiger partial charge in [-0.3, -0.25) is 14.9 Å². The van der Waals surface area contributed by atoms with Gasteiger partial charge in [0.1, 0.15) is 0 Å². The zero-order valence-electron chi connectivity index (χ0n) is 15.5. The fourth-order valence-corrected chi connectivity index (χ4v) is 3.55. The molecule has 1 aliphatic carbocycles. The van der Waals surface area contributed by atoms with Gasteiger partial charge in [-0.1, -0.05) is 20.8 Å². The van der Waals surface area contributed by atoms with Crippen molar-refractivity contribution in [2.24, 2.45) is 11.3 Å². The van der Waals surface area contributed by atoms with E-state index in [1.165, 1.54) is 18.2 Å². The molecule has 0 atom stereocenters. The number of aryl methyl sites for hydroxylation is 1. The van der Waals surface area contributed by atoms with Gasteiger partial charge < -0.3 is 10.4 Å². The molecule has 0 unspecified atom stereocenters. The predicted octanol–water partition coefficient (Wildman–Crippen LogP) is 3.60. The summed E-state index contributed by atoms with van der Waals surface area (Å²) in [7, 11) is 0. The van der Waals surface area contributed by atoms with E-state index in [1.54, 1.807) is 6.92 Å². The van der Waals surface area contributed by atoms with Crippen LogP contribution < -0.4 is 5.32 Å². The van der Waals surface area contributed by atoms with Gasteiger partial charge in [-0.2, -0.15) is 0 Å². The van der Waals surface area contributed by atoms with E-state index in [4.69, 9.17) is 0 Å². The van der Waals surface area contributed by atoms with Gasteiger partial charge >= 0.3 is 0 Å². The van der Waals surface area contributed by atoms with Crippen LogP contribution in [0.3, 0.4) is 0 Å². The molecule has 2 rings (SSSR count). The van der Waals surface area contributed by atoms with Crippen LogP contribution in [-0.4, -0.2) is 28.1 Å². The molecule has 138 valence electrons. The Kier molecular flexibility index (Phi) is 5.52. The molecule has 1 aliphatic rings. The van der Waals surface area contributed by atoms with Crippen LogP contribution in [0.2, 0.25) is 0 Å². The first kappa shape index (κ1) is 19.4. The molecule has 2 N–H and O–H groups in total. The number of non-ortho nitro benzene ring substituents is 1. The molecular weight excluding hydrogens is 320 g/mol. The van der Waals surface area contributed by atoms with Gasteiger partial charge in [-0.15, -0.1) is 0 Å².